The first-order chi connectivity index (χ1) is 9.49. The molecule has 0 bridgehead atoms. The van der Waals surface area contributed by atoms with Crippen LogP contribution in [0.4, 0.5) is 0 Å². The van der Waals surface area contributed by atoms with Gasteiger partial charge in [0.15, 0.2) is 0 Å². The van der Waals surface area contributed by atoms with E-state index in [0.717, 1.165) is 6.54 Å². The summed E-state index contributed by atoms with van der Waals surface area (Å²) in [5, 5.41) is 0. The Morgan fingerprint density at radius 2 is 1.65 bits per heavy atom. The van der Waals surface area contributed by atoms with E-state index in [2.05, 4.69) is 56.9 Å². The maximum Gasteiger partial charge on any atom is 0.0320 e. The summed E-state index contributed by atoms with van der Waals surface area (Å²) >= 11 is 0. The number of nitrogens with zero attached hydrogens (tertiary/aromatic N) is 1. The van der Waals surface area contributed by atoms with Crippen LogP contribution in [-0.2, 0) is 0 Å². The first kappa shape index (κ1) is 15.5. The maximum absolute atomic E-state index is 6.09. The van der Waals surface area contributed by atoms with Crippen molar-refractivity contribution in [2.45, 2.75) is 58.5 Å². The zero-order chi connectivity index (χ0) is 14.7. The molecule has 20 heavy (non-hydrogen) atoms. The Labute approximate surface area is 124 Å². The first-order valence-corrected chi connectivity index (χ1v) is 8.08. The third kappa shape index (κ3) is 3.62. The molecule has 2 nitrogen and oxygen atoms in total. The largest absolute Gasteiger partial charge is 0.328 e. The van der Waals surface area contributed by atoms with Crippen LogP contribution >= 0.6 is 0 Å². The summed E-state index contributed by atoms with van der Waals surface area (Å²) in [4.78, 5) is 2.60. The van der Waals surface area contributed by atoms with Gasteiger partial charge in [-0.15, -0.1) is 0 Å². The molecule has 1 aliphatic heterocycles. The topological polar surface area (TPSA) is 29.3 Å². The lowest BCUT2D eigenvalue weighted by Crippen LogP contribution is -2.43. The molecule has 0 aliphatic carbocycles. The smallest absolute Gasteiger partial charge is 0.0320 e. The summed E-state index contributed by atoms with van der Waals surface area (Å²) in [5.41, 5.74) is 8.95. The maximum atomic E-state index is 6.09. The number of benzene rings is 1. The Balaban J connectivity index is 2.04. The summed E-state index contributed by atoms with van der Waals surface area (Å²) in [6, 6.07) is 9.98. The molecule has 0 radical (unpaired) electrons. The van der Waals surface area contributed by atoms with Gasteiger partial charge in [-0.3, -0.25) is 4.90 Å². The monoisotopic (exact) mass is 274 g/mol. The molecule has 2 rings (SSSR count). The summed E-state index contributed by atoms with van der Waals surface area (Å²) in [6.07, 6.45) is 2.56. The predicted octanol–water partition coefficient (Wildman–Crippen LogP) is 3.93. The van der Waals surface area contributed by atoms with Crippen molar-refractivity contribution >= 4 is 0 Å². The van der Waals surface area contributed by atoms with E-state index < -0.39 is 0 Å². The van der Waals surface area contributed by atoms with Gasteiger partial charge in [-0.1, -0.05) is 38.1 Å². The summed E-state index contributed by atoms with van der Waals surface area (Å²) in [5.74, 6) is 1.26. The van der Waals surface area contributed by atoms with E-state index in [4.69, 9.17) is 5.73 Å². The zero-order valence-electron chi connectivity index (χ0n) is 13.5. The molecule has 2 heteroatoms. The van der Waals surface area contributed by atoms with E-state index in [9.17, 15) is 0 Å². The standard InChI is InChI=1S/C18H30N2/c1-13(2)16-7-9-17(10-8-16)15(4)20-11-5-6-18(12-20)14(3)19/h7-10,13-15,18H,5-6,11-12,19H2,1-4H3. The Bertz CT molecular complexity index is 408. The van der Waals surface area contributed by atoms with Crippen LogP contribution in [0, 0.1) is 5.92 Å². The van der Waals surface area contributed by atoms with Crippen molar-refractivity contribution in [2.75, 3.05) is 13.1 Å². The quantitative estimate of drug-likeness (QED) is 0.901. The highest BCUT2D eigenvalue weighted by Gasteiger charge is 2.26. The van der Waals surface area contributed by atoms with Crippen molar-refractivity contribution in [2.24, 2.45) is 11.7 Å². The molecule has 3 atom stereocenters. The van der Waals surface area contributed by atoms with Crippen LogP contribution in [0.1, 0.15) is 63.6 Å². The van der Waals surface area contributed by atoms with Gasteiger partial charge in [0.25, 0.3) is 0 Å². The second-order valence-corrected chi connectivity index (χ2v) is 6.75. The van der Waals surface area contributed by atoms with Crippen LogP contribution in [0.5, 0.6) is 0 Å². The van der Waals surface area contributed by atoms with Crippen molar-refractivity contribution < 1.29 is 0 Å². The molecule has 1 aliphatic rings. The predicted molar refractivity (Wildman–Crippen MR) is 86.9 cm³/mol. The van der Waals surface area contributed by atoms with Crippen LogP contribution in [0.15, 0.2) is 24.3 Å². The van der Waals surface area contributed by atoms with E-state index in [0.29, 0.717) is 23.9 Å². The highest BCUT2D eigenvalue weighted by Crippen LogP contribution is 2.28. The number of rotatable bonds is 4. The van der Waals surface area contributed by atoms with E-state index in [1.807, 2.05) is 0 Å². The number of piperidine rings is 1. The Morgan fingerprint density at radius 1 is 1.05 bits per heavy atom. The van der Waals surface area contributed by atoms with Crippen LogP contribution < -0.4 is 5.73 Å². The minimum atomic E-state index is 0.313. The number of likely N-dealkylation sites (tertiary alicyclic amines) is 1. The average molecular weight is 274 g/mol. The molecule has 1 fully saturated rings. The van der Waals surface area contributed by atoms with Gasteiger partial charge in [0, 0.05) is 18.6 Å². The minimum Gasteiger partial charge on any atom is -0.328 e. The van der Waals surface area contributed by atoms with E-state index >= 15 is 0 Å². The molecule has 0 spiro atoms. The fraction of sp³-hybridized carbons (Fsp3) is 0.667. The third-order valence-corrected chi connectivity index (χ3v) is 4.87. The van der Waals surface area contributed by atoms with Crippen LogP contribution in [0.2, 0.25) is 0 Å². The van der Waals surface area contributed by atoms with Crippen molar-refractivity contribution in [3.8, 4) is 0 Å². The zero-order valence-corrected chi connectivity index (χ0v) is 13.5. The third-order valence-electron chi connectivity index (χ3n) is 4.87. The summed E-state index contributed by atoms with van der Waals surface area (Å²) < 4.78 is 0. The lowest BCUT2D eigenvalue weighted by molar-refractivity contribution is 0.121. The first-order valence-electron chi connectivity index (χ1n) is 8.08. The summed E-state index contributed by atoms with van der Waals surface area (Å²) in [7, 11) is 0. The molecule has 0 aromatic heterocycles. The SMILES string of the molecule is CC(C)c1ccc(C(C)N2CCCC(C(C)N)C2)cc1. The van der Waals surface area contributed by atoms with Gasteiger partial charge in [0.1, 0.15) is 0 Å². The number of hydrogen-bond acceptors (Lipinski definition) is 2. The highest BCUT2D eigenvalue weighted by atomic mass is 15.2. The fourth-order valence-electron chi connectivity index (χ4n) is 3.19. The molecule has 1 saturated heterocycles. The molecule has 1 heterocycles. The lowest BCUT2D eigenvalue weighted by atomic mass is 9.90. The van der Waals surface area contributed by atoms with Crippen molar-refractivity contribution in [1.82, 2.24) is 4.90 Å². The van der Waals surface area contributed by atoms with Crippen LogP contribution in [0.25, 0.3) is 0 Å². The number of nitrogens with two attached hydrogens (primary N) is 1. The minimum absolute atomic E-state index is 0.313. The number of hydrogen-bond donors (Lipinski definition) is 1. The summed E-state index contributed by atoms with van der Waals surface area (Å²) in [6.45, 7) is 11.3. The molecule has 1 aromatic rings. The van der Waals surface area contributed by atoms with Gasteiger partial charge in [0.2, 0.25) is 0 Å². The Hall–Kier alpha value is -0.860. The molecule has 3 unspecified atom stereocenters. The molecule has 0 amide bonds. The Morgan fingerprint density at radius 3 is 2.20 bits per heavy atom. The Kier molecular flexibility index (Phi) is 5.22. The molecule has 1 aromatic carbocycles. The van der Waals surface area contributed by atoms with E-state index in [1.165, 1.54) is 30.5 Å². The second-order valence-electron chi connectivity index (χ2n) is 6.75. The normalized spacial score (nSPS) is 23.8. The van der Waals surface area contributed by atoms with Gasteiger partial charge in [0.05, 0.1) is 0 Å². The highest BCUT2D eigenvalue weighted by molar-refractivity contribution is 5.26. The molecule has 0 saturated carbocycles. The van der Waals surface area contributed by atoms with Gasteiger partial charge in [-0.2, -0.15) is 0 Å². The second kappa shape index (κ2) is 6.73. The molecule has 112 valence electrons. The fourth-order valence-corrected chi connectivity index (χ4v) is 3.19. The van der Waals surface area contributed by atoms with E-state index in [1.54, 1.807) is 0 Å². The van der Waals surface area contributed by atoms with Crippen molar-refractivity contribution in [3.05, 3.63) is 35.4 Å². The average Bonchev–Trinajstić information content (AvgIpc) is 2.46. The van der Waals surface area contributed by atoms with Gasteiger partial charge in [-0.05, 0) is 56.2 Å². The van der Waals surface area contributed by atoms with Crippen LogP contribution in [0.3, 0.4) is 0 Å². The molecular weight excluding hydrogens is 244 g/mol. The van der Waals surface area contributed by atoms with Gasteiger partial charge >= 0.3 is 0 Å². The van der Waals surface area contributed by atoms with Crippen molar-refractivity contribution in [1.29, 1.82) is 0 Å². The molecular formula is C18H30N2. The molecule has 2 N–H and O–H groups in total. The van der Waals surface area contributed by atoms with Crippen molar-refractivity contribution in [3.63, 3.8) is 0 Å². The van der Waals surface area contributed by atoms with Gasteiger partial charge in [-0.25, -0.2) is 0 Å². The van der Waals surface area contributed by atoms with Crippen LogP contribution in [-0.4, -0.2) is 24.0 Å². The van der Waals surface area contributed by atoms with E-state index in [-0.39, 0.29) is 0 Å². The van der Waals surface area contributed by atoms with Gasteiger partial charge < -0.3 is 5.73 Å². The lowest BCUT2D eigenvalue weighted by Gasteiger charge is -2.38.